The average Bonchev–Trinajstić information content (AvgIpc) is 2.17. The van der Waals surface area contributed by atoms with E-state index in [1.165, 1.54) is 18.6 Å². The molecule has 1 rings (SSSR count). The summed E-state index contributed by atoms with van der Waals surface area (Å²) in [5, 5.41) is 3.46. The van der Waals surface area contributed by atoms with Gasteiger partial charge < -0.3 is 10.2 Å². The smallest absolute Gasteiger partial charge is 0.241 e. The molecule has 1 N–H and O–H groups in total. The summed E-state index contributed by atoms with van der Waals surface area (Å²) in [6.07, 6.45) is 2.45. The molecule has 1 unspecified atom stereocenters. The number of amides is 1. The van der Waals surface area contributed by atoms with Crippen LogP contribution in [-0.4, -0.2) is 48.0 Å². The van der Waals surface area contributed by atoms with Gasteiger partial charge >= 0.3 is 0 Å². The molecule has 15 heavy (non-hydrogen) atoms. The normalized spacial score (nSPS) is 22.5. The SMILES string of the molecule is CN(C)C(=O)C(C)(C)NC1CCCSC1. The molecular weight excluding hydrogens is 208 g/mol. The first-order chi connectivity index (χ1) is 6.93. The Morgan fingerprint density at radius 3 is 2.60 bits per heavy atom. The predicted octanol–water partition coefficient (Wildman–Crippen LogP) is 1.34. The van der Waals surface area contributed by atoms with Crippen LogP contribution in [0.25, 0.3) is 0 Å². The highest BCUT2D eigenvalue weighted by atomic mass is 32.2. The zero-order chi connectivity index (χ0) is 11.5. The summed E-state index contributed by atoms with van der Waals surface area (Å²) in [4.78, 5) is 13.6. The molecule has 1 atom stereocenters. The summed E-state index contributed by atoms with van der Waals surface area (Å²) in [7, 11) is 3.61. The Bertz CT molecular complexity index is 223. The largest absolute Gasteiger partial charge is 0.347 e. The van der Waals surface area contributed by atoms with Gasteiger partial charge in [0.2, 0.25) is 5.91 Å². The second-order valence-corrected chi connectivity index (χ2v) is 6.03. The van der Waals surface area contributed by atoms with Crippen LogP contribution in [0, 0.1) is 0 Å². The van der Waals surface area contributed by atoms with Crippen molar-refractivity contribution in [1.29, 1.82) is 0 Å². The summed E-state index contributed by atoms with van der Waals surface area (Å²) in [5.41, 5.74) is -0.438. The number of carbonyl (C=O) groups is 1. The van der Waals surface area contributed by atoms with Crippen molar-refractivity contribution >= 4 is 17.7 Å². The summed E-state index contributed by atoms with van der Waals surface area (Å²) < 4.78 is 0. The first-order valence-electron chi connectivity index (χ1n) is 5.50. The van der Waals surface area contributed by atoms with E-state index in [-0.39, 0.29) is 5.91 Å². The lowest BCUT2D eigenvalue weighted by molar-refractivity contribution is -0.134. The van der Waals surface area contributed by atoms with Crippen molar-refractivity contribution in [2.24, 2.45) is 0 Å². The maximum Gasteiger partial charge on any atom is 0.241 e. The number of rotatable bonds is 3. The van der Waals surface area contributed by atoms with Gasteiger partial charge in [0.05, 0.1) is 5.54 Å². The minimum absolute atomic E-state index is 0.151. The van der Waals surface area contributed by atoms with Crippen molar-refractivity contribution in [2.75, 3.05) is 25.6 Å². The van der Waals surface area contributed by atoms with E-state index in [1.807, 2.05) is 25.6 Å². The van der Waals surface area contributed by atoms with Crippen LogP contribution in [0.4, 0.5) is 0 Å². The Kier molecular flexibility index (Phi) is 4.46. The zero-order valence-electron chi connectivity index (χ0n) is 10.2. The van der Waals surface area contributed by atoms with Gasteiger partial charge in [-0.2, -0.15) is 11.8 Å². The molecule has 88 valence electrons. The first-order valence-corrected chi connectivity index (χ1v) is 6.66. The van der Waals surface area contributed by atoms with E-state index in [9.17, 15) is 4.79 Å². The highest BCUT2D eigenvalue weighted by Gasteiger charge is 2.31. The zero-order valence-corrected chi connectivity index (χ0v) is 11.0. The second kappa shape index (κ2) is 5.21. The van der Waals surface area contributed by atoms with Crippen molar-refractivity contribution in [1.82, 2.24) is 10.2 Å². The Morgan fingerprint density at radius 1 is 1.47 bits per heavy atom. The molecule has 1 fully saturated rings. The summed E-state index contributed by atoms with van der Waals surface area (Å²) >= 11 is 1.98. The molecule has 0 radical (unpaired) electrons. The molecule has 0 aromatic rings. The van der Waals surface area contributed by atoms with Gasteiger partial charge in [-0.1, -0.05) is 0 Å². The standard InChI is InChI=1S/C11H22N2OS/c1-11(2,10(14)13(3)4)12-9-6-5-7-15-8-9/h9,12H,5-8H2,1-4H3. The third kappa shape index (κ3) is 3.68. The predicted molar refractivity (Wildman–Crippen MR) is 66.3 cm³/mol. The third-order valence-electron chi connectivity index (χ3n) is 2.67. The Balaban J connectivity index is 2.50. The van der Waals surface area contributed by atoms with Gasteiger partial charge in [0.1, 0.15) is 0 Å². The van der Waals surface area contributed by atoms with Crippen LogP contribution in [0.1, 0.15) is 26.7 Å². The number of nitrogens with one attached hydrogen (secondary N) is 1. The van der Waals surface area contributed by atoms with Gasteiger partial charge in [-0.3, -0.25) is 4.79 Å². The van der Waals surface area contributed by atoms with E-state index in [0.29, 0.717) is 6.04 Å². The molecule has 1 heterocycles. The number of hydrogen-bond acceptors (Lipinski definition) is 3. The van der Waals surface area contributed by atoms with Crippen molar-refractivity contribution in [3.8, 4) is 0 Å². The van der Waals surface area contributed by atoms with Crippen molar-refractivity contribution in [2.45, 2.75) is 38.3 Å². The molecule has 4 heteroatoms. The van der Waals surface area contributed by atoms with Crippen LogP contribution in [0.15, 0.2) is 0 Å². The highest BCUT2D eigenvalue weighted by Crippen LogP contribution is 2.19. The van der Waals surface area contributed by atoms with Gasteiger partial charge in [0, 0.05) is 25.9 Å². The molecule has 1 amide bonds. The Morgan fingerprint density at radius 2 is 2.13 bits per heavy atom. The monoisotopic (exact) mass is 230 g/mol. The van der Waals surface area contributed by atoms with Crippen LogP contribution >= 0.6 is 11.8 Å². The molecule has 0 spiro atoms. The fourth-order valence-corrected chi connectivity index (χ4v) is 3.06. The quantitative estimate of drug-likeness (QED) is 0.794. The van der Waals surface area contributed by atoms with Crippen LogP contribution < -0.4 is 5.32 Å². The van der Waals surface area contributed by atoms with Gasteiger partial charge in [-0.15, -0.1) is 0 Å². The maximum atomic E-state index is 11.9. The van der Waals surface area contributed by atoms with Crippen LogP contribution in [0.2, 0.25) is 0 Å². The Labute approximate surface area is 97.0 Å². The van der Waals surface area contributed by atoms with E-state index in [2.05, 4.69) is 5.32 Å². The van der Waals surface area contributed by atoms with Crippen LogP contribution in [0.5, 0.6) is 0 Å². The van der Waals surface area contributed by atoms with Gasteiger partial charge in [0.15, 0.2) is 0 Å². The molecule has 0 aromatic heterocycles. The minimum Gasteiger partial charge on any atom is -0.347 e. The lowest BCUT2D eigenvalue weighted by atomic mass is 10.0. The van der Waals surface area contributed by atoms with E-state index in [4.69, 9.17) is 0 Å². The number of hydrogen-bond donors (Lipinski definition) is 1. The van der Waals surface area contributed by atoms with Gasteiger partial charge in [-0.25, -0.2) is 0 Å². The van der Waals surface area contributed by atoms with E-state index >= 15 is 0 Å². The Hall–Kier alpha value is -0.220. The molecule has 0 bridgehead atoms. The van der Waals surface area contributed by atoms with Gasteiger partial charge in [0.25, 0.3) is 0 Å². The number of carbonyl (C=O) groups excluding carboxylic acids is 1. The molecule has 1 saturated heterocycles. The number of thioether (sulfide) groups is 1. The molecule has 0 aliphatic carbocycles. The first kappa shape index (κ1) is 12.8. The summed E-state index contributed by atoms with van der Waals surface area (Å²) in [6, 6.07) is 0.489. The maximum absolute atomic E-state index is 11.9. The van der Waals surface area contributed by atoms with Crippen molar-refractivity contribution in [3.05, 3.63) is 0 Å². The van der Waals surface area contributed by atoms with Gasteiger partial charge in [-0.05, 0) is 32.4 Å². The van der Waals surface area contributed by atoms with Crippen LogP contribution in [0.3, 0.4) is 0 Å². The van der Waals surface area contributed by atoms with Crippen LogP contribution in [-0.2, 0) is 4.79 Å². The average molecular weight is 230 g/mol. The molecule has 1 aliphatic rings. The summed E-state index contributed by atoms with van der Waals surface area (Å²) in [6.45, 7) is 3.93. The lowest BCUT2D eigenvalue weighted by Crippen LogP contribution is -2.56. The summed E-state index contributed by atoms with van der Waals surface area (Å²) in [5.74, 6) is 2.54. The number of nitrogens with zero attached hydrogens (tertiary/aromatic N) is 1. The second-order valence-electron chi connectivity index (χ2n) is 4.88. The third-order valence-corrected chi connectivity index (χ3v) is 3.88. The molecule has 1 aliphatic heterocycles. The topological polar surface area (TPSA) is 32.3 Å². The lowest BCUT2D eigenvalue weighted by Gasteiger charge is -2.34. The van der Waals surface area contributed by atoms with E-state index in [1.54, 1.807) is 19.0 Å². The van der Waals surface area contributed by atoms with E-state index < -0.39 is 5.54 Å². The van der Waals surface area contributed by atoms with Crippen molar-refractivity contribution < 1.29 is 4.79 Å². The van der Waals surface area contributed by atoms with E-state index in [0.717, 1.165) is 5.75 Å². The molecular formula is C11H22N2OS. The van der Waals surface area contributed by atoms with Crippen molar-refractivity contribution in [3.63, 3.8) is 0 Å². The molecule has 0 saturated carbocycles. The number of likely N-dealkylation sites (N-methyl/N-ethyl adjacent to an activating group) is 1. The fourth-order valence-electron chi connectivity index (χ4n) is 1.99. The molecule has 0 aromatic carbocycles. The minimum atomic E-state index is -0.438. The molecule has 3 nitrogen and oxygen atoms in total. The highest BCUT2D eigenvalue weighted by molar-refractivity contribution is 7.99. The fraction of sp³-hybridized carbons (Fsp3) is 0.909.